The Hall–Kier alpha value is -1.31. The number of halogens is 1. The van der Waals surface area contributed by atoms with Crippen LogP contribution in [-0.4, -0.2) is 44.0 Å². The topological polar surface area (TPSA) is 56.7 Å². The Kier molecular flexibility index (Phi) is 10.6. The Labute approximate surface area is 150 Å². The molecule has 1 amide bonds. The molecule has 0 radical (unpaired) electrons. The molecule has 0 spiro atoms. The van der Waals surface area contributed by atoms with Gasteiger partial charge >= 0.3 is 0 Å². The van der Waals surface area contributed by atoms with Crippen molar-refractivity contribution in [3.8, 4) is 0 Å². The summed E-state index contributed by atoms with van der Waals surface area (Å²) in [5.74, 6) is 0.825. The van der Waals surface area contributed by atoms with E-state index in [1.54, 1.807) is 19.0 Å². The van der Waals surface area contributed by atoms with E-state index in [1.807, 2.05) is 25.1 Å². The number of rotatable bonds is 6. The van der Waals surface area contributed by atoms with Crippen LogP contribution in [-0.2, 0) is 4.79 Å². The first-order valence-corrected chi connectivity index (χ1v) is 7.34. The summed E-state index contributed by atoms with van der Waals surface area (Å²) < 4.78 is 0. The molecule has 0 aliphatic carbocycles. The molecule has 6 heteroatoms. The summed E-state index contributed by atoms with van der Waals surface area (Å²) in [4.78, 5) is 17.6. The first-order valence-electron chi connectivity index (χ1n) is 7.34. The number of hydrogen-bond acceptors (Lipinski definition) is 2. The van der Waals surface area contributed by atoms with Crippen molar-refractivity contribution in [3.05, 3.63) is 35.9 Å². The number of nitrogens with zero attached hydrogens (tertiary/aromatic N) is 2. The molecule has 1 aromatic rings. The molecule has 1 aromatic carbocycles. The van der Waals surface area contributed by atoms with Gasteiger partial charge in [-0.1, -0.05) is 30.3 Å². The third-order valence-electron chi connectivity index (χ3n) is 3.09. The molecule has 5 nitrogen and oxygen atoms in total. The Morgan fingerprint density at radius 2 is 1.91 bits per heavy atom. The molecule has 22 heavy (non-hydrogen) atoms. The van der Waals surface area contributed by atoms with Crippen LogP contribution >= 0.6 is 24.0 Å². The molecule has 2 N–H and O–H groups in total. The predicted molar refractivity (Wildman–Crippen MR) is 103 cm³/mol. The molecule has 0 saturated heterocycles. The van der Waals surface area contributed by atoms with Crippen molar-refractivity contribution in [1.29, 1.82) is 0 Å². The monoisotopic (exact) mass is 418 g/mol. The molecule has 1 atom stereocenters. The van der Waals surface area contributed by atoms with Crippen molar-refractivity contribution in [3.63, 3.8) is 0 Å². The maximum Gasteiger partial charge on any atom is 0.223 e. The summed E-state index contributed by atoms with van der Waals surface area (Å²) in [6.45, 7) is 5.38. The Bertz CT molecular complexity index is 462. The number of carbonyl (C=O) groups is 1. The minimum absolute atomic E-state index is 0. The van der Waals surface area contributed by atoms with Crippen LogP contribution in [0.4, 0.5) is 0 Å². The van der Waals surface area contributed by atoms with E-state index >= 15 is 0 Å². The molecule has 0 aromatic heterocycles. The lowest BCUT2D eigenvalue weighted by atomic mass is 10.1. The Morgan fingerprint density at radius 3 is 2.45 bits per heavy atom. The maximum absolute atomic E-state index is 11.5. The summed E-state index contributed by atoms with van der Waals surface area (Å²) in [6.07, 6.45) is 0.420. The van der Waals surface area contributed by atoms with E-state index in [9.17, 15) is 4.79 Å². The predicted octanol–water partition coefficient (Wildman–Crippen LogP) is 2.40. The highest BCUT2D eigenvalue weighted by Crippen LogP contribution is 2.10. The summed E-state index contributed by atoms with van der Waals surface area (Å²) in [5.41, 5.74) is 1.20. The first-order chi connectivity index (χ1) is 10.0. The van der Waals surface area contributed by atoms with Crippen molar-refractivity contribution in [2.45, 2.75) is 26.3 Å². The number of carbonyl (C=O) groups excluding carboxylic acids is 1. The van der Waals surface area contributed by atoms with Crippen molar-refractivity contribution in [2.75, 3.05) is 27.2 Å². The van der Waals surface area contributed by atoms with Gasteiger partial charge in [-0.3, -0.25) is 9.79 Å². The molecule has 1 rings (SSSR count). The zero-order chi connectivity index (χ0) is 15.7. The average Bonchev–Trinajstić information content (AvgIpc) is 2.48. The van der Waals surface area contributed by atoms with E-state index in [-0.39, 0.29) is 35.9 Å². The zero-order valence-electron chi connectivity index (χ0n) is 13.8. The third kappa shape index (κ3) is 7.63. The van der Waals surface area contributed by atoms with Gasteiger partial charge in [-0.15, -0.1) is 24.0 Å². The third-order valence-corrected chi connectivity index (χ3v) is 3.09. The molecule has 0 bridgehead atoms. The van der Waals surface area contributed by atoms with E-state index in [1.165, 1.54) is 5.56 Å². The van der Waals surface area contributed by atoms with Crippen LogP contribution in [0.5, 0.6) is 0 Å². The highest BCUT2D eigenvalue weighted by atomic mass is 127. The van der Waals surface area contributed by atoms with Gasteiger partial charge in [-0.05, 0) is 19.4 Å². The van der Waals surface area contributed by atoms with E-state index in [2.05, 4.69) is 34.7 Å². The van der Waals surface area contributed by atoms with Crippen molar-refractivity contribution in [1.82, 2.24) is 15.5 Å². The van der Waals surface area contributed by atoms with Crippen LogP contribution in [0.1, 0.15) is 31.9 Å². The van der Waals surface area contributed by atoms with E-state index in [0.29, 0.717) is 13.0 Å². The number of nitrogens with one attached hydrogen (secondary N) is 2. The van der Waals surface area contributed by atoms with Crippen LogP contribution in [0.25, 0.3) is 0 Å². The van der Waals surface area contributed by atoms with Gasteiger partial charge in [0.15, 0.2) is 5.96 Å². The van der Waals surface area contributed by atoms with Crippen LogP contribution in [0.2, 0.25) is 0 Å². The number of guanidine groups is 1. The Morgan fingerprint density at radius 1 is 1.27 bits per heavy atom. The van der Waals surface area contributed by atoms with Gasteiger partial charge in [-0.2, -0.15) is 0 Å². The number of aliphatic imine (C=N–C) groups is 1. The van der Waals surface area contributed by atoms with Gasteiger partial charge < -0.3 is 15.5 Å². The normalized spacial score (nSPS) is 12.1. The SMILES string of the molecule is CCNC(=NCCC(=O)N(C)C)NC(C)c1ccccc1.I. The molecule has 0 aliphatic heterocycles. The van der Waals surface area contributed by atoms with Crippen LogP contribution < -0.4 is 10.6 Å². The highest BCUT2D eigenvalue weighted by Gasteiger charge is 2.07. The number of amides is 1. The van der Waals surface area contributed by atoms with E-state index in [4.69, 9.17) is 0 Å². The minimum atomic E-state index is 0. The second-order valence-corrected chi connectivity index (χ2v) is 5.08. The van der Waals surface area contributed by atoms with Crippen LogP contribution in [0, 0.1) is 0 Å². The summed E-state index contributed by atoms with van der Waals surface area (Å²) in [7, 11) is 3.51. The summed E-state index contributed by atoms with van der Waals surface area (Å²) in [5, 5.41) is 6.55. The molecule has 0 aliphatic rings. The quantitative estimate of drug-likeness (QED) is 0.424. The second-order valence-electron chi connectivity index (χ2n) is 5.08. The number of benzene rings is 1. The molecule has 1 unspecified atom stereocenters. The fourth-order valence-electron chi connectivity index (χ4n) is 1.84. The number of hydrogen-bond donors (Lipinski definition) is 2. The van der Waals surface area contributed by atoms with Gasteiger partial charge in [0.2, 0.25) is 5.91 Å². The van der Waals surface area contributed by atoms with Crippen molar-refractivity contribution in [2.24, 2.45) is 4.99 Å². The summed E-state index contributed by atoms with van der Waals surface area (Å²) in [6, 6.07) is 10.4. The van der Waals surface area contributed by atoms with Gasteiger partial charge in [0.1, 0.15) is 0 Å². The van der Waals surface area contributed by atoms with E-state index in [0.717, 1.165) is 12.5 Å². The van der Waals surface area contributed by atoms with Crippen LogP contribution in [0.3, 0.4) is 0 Å². The Balaban J connectivity index is 0.00000441. The lowest BCUT2D eigenvalue weighted by Gasteiger charge is -2.18. The van der Waals surface area contributed by atoms with Crippen molar-refractivity contribution < 1.29 is 4.79 Å². The minimum Gasteiger partial charge on any atom is -0.357 e. The van der Waals surface area contributed by atoms with Crippen LogP contribution in [0.15, 0.2) is 35.3 Å². The van der Waals surface area contributed by atoms with Gasteiger partial charge in [0, 0.05) is 27.1 Å². The zero-order valence-corrected chi connectivity index (χ0v) is 16.1. The largest absolute Gasteiger partial charge is 0.357 e. The molecule has 124 valence electrons. The fraction of sp³-hybridized carbons (Fsp3) is 0.500. The second kappa shape index (κ2) is 11.3. The lowest BCUT2D eigenvalue weighted by Crippen LogP contribution is -2.39. The molecule has 0 heterocycles. The lowest BCUT2D eigenvalue weighted by molar-refractivity contribution is -0.128. The fourth-order valence-corrected chi connectivity index (χ4v) is 1.84. The summed E-state index contributed by atoms with van der Waals surface area (Å²) >= 11 is 0. The highest BCUT2D eigenvalue weighted by molar-refractivity contribution is 14.0. The molecule has 0 fully saturated rings. The first kappa shape index (κ1) is 20.7. The van der Waals surface area contributed by atoms with Gasteiger partial charge in [-0.25, -0.2) is 0 Å². The molecular weight excluding hydrogens is 391 g/mol. The van der Waals surface area contributed by atoms with E-state index < -0.39 is 0 Å². The van der Waals surface area contributed by atoms with Gasteiger partial charge in [0.25, 0.3) is 0 Å². The standard InChI is InChI=1S/C16H26N4O.HI/c1-5-17-16(18-12-11-15(21)20(3)4)19-13(2)14-9-7-6-8-10-14;/h6-10,13H,5,11-12H2,1-4H3,(H2,17,18,19);1H. The molecule has 0 saturated carbocycles. The molecular formula is C16H27IN4O. The smallest absolute Gasteiger partial charge is 0.223 e. The van der Waals surface area contributed by atoms with Crippen molar-refractivity contribution >= 4 is 35.8 Å². The average molecular weight is 418 g/mol. The van der Waals surface area contributed by atoms with Gasteiger partial charge in [0.05, 0.1) is 12.6 Å². The maximum atomic E-state index is 11.5.